The van der Waals surface area contributed by atoms with Crippen LogP contribution in [0.25, 0.3) is 0 Å². The smallest absolute Gasteiger partial charge is 0.271 e. The van der Waals surface area contributed by atoms with Gasteiger partial charge in [-0.05, 0) is 59.6 Å². The minimum absolute atomic E-state index is 0.0801. The van der Waals surface area contributed by atoms with Crippen molar-refractivity contribution in [1.82, 2.24) is 5.43 Å². The largest absolute Gasteiger partial charge is 0.507 e. The molecule has 0 aliphatic heterocycles. The highest BCUT2D eigenvalue weighted by atomic mass is 79.9. The first-order valence-corrected chi connectivity index (χ1v) is 8.51. The van der Waals surface area contributed by atoms with Crippen molar-refractivity contribution in [2.45, 2.75) is 20.3 Å². The van der Waals surface area contributed by atoms with E-state index in [0.717, 1.165) is 6.42 Å². The van der Waals surface area contributed by atoms with E-state index in [9.17, 15) is 15.0 Å². The summed E-state index contributed by atoms with van der Waals surface area (Å²) in [5.74, 6) is 0.118. The first-order valence-electron chi connectivity index (χ1n) is 7.71. The number of amides is 1. The molecule has 1 amide bonds. The van der Waals surface area contributed by atoms with Gasteiger partial charge in [-0.25, -0.2) is 5.43 Å². The van der Waals surface area contributed by atoms with Gasteiger partial charge in [-0.1, -0.05) is 6.92 Å². The van der Waals surface area contributed by atoms with Crippen LogP contribution in [0.4, 0.5) is 0 Å². The zero-order chi connectivity index (χ0) is 18.4. The average Bonchev–Trinajstić information content (AvgIpc) is 2.61. The quantitative estimate of drug-likeness (QED) is 0.502. The molecule has 0 saturated heterocycles. The summed E-state index contributed by atoms with van der Waals surface area (Å²) < 4.78 is 5.89. The van der Waals surface area contributed by atoms with E-state index in [4.69, 9.17) is 4.74 Å². The van der Waals surface area contributed by atoms with Crippen LogP contribution in [0.2, 0.25) is 0 Å². The number of hydrogen-bond acceptors (Lipinski definition) is 5. The summed E-state index contributed by atoms with van der Waals surface area (Å²) in [5.41, 5.74) is 3.68. The van der Waals surface area contributed by atoms with Gasteiger partial charge in [0.05, 0.1) is 16.8 Å². The molecule has 0 radical (unpaired) electrons. The molecule has 3 N–H and O–H groups in total. The molecule has 0 aromatic heterocycles. The van der Waals surface area contributed by atoms with Gasteiger partial charge in [-0.2, -0.15) is 5.10 Å². The van der Waals surface area contributed by atoms with Crippen LogP contribution in [0.3, 0.4) is 0 Å². The van der Waals surface area contributed by atoms with Crippen LogP contribution in [0, 0.1) is 0 Å². The molecule has 2 rings (SSSR count). The molecule has 7 heteroatoms. The maximum Gasteiger partial charge on any atom is 0.271 e. The third kappa shape index (κ3) is 4.96. The molecule has 6 nitrogen and oxygen atoms in total. The topological polar surface area (TPSA) is 91.2 Å². The molecule has 0 spiro atoms. The second-order valence-corrected chi connectivity index (χ2v) is 6.19. The lowest BCUT2D eigenvalue weighted by molar-refractivity contribution is 0.0954. The highest BCUT2D eigenvalue weighted by Crippen LogP contribution is 2.31. The third-order valence-corrected chi connectivity index (χ3v) is 4.00. The number of hydrazone groups is 1. The SMILES string of the molecule is CCCOc1ccc(C(=O)N/N=C(\C)c2cc(Br)c(O)cc2O)cc1. The van der Waals surface area contributed by atoms with Gasteiger partial charge < -0.3 is 14.9 Å². The van der Waals surface area contributed by atoms with Gasteiger partial charge in [0.15, 0.2) is 0 Å². The zero-order valence-corrected chi connectivity index (χ0v) is 15.5. The number of rotatable bonds is 6. The van der Waals surface area contributed by atoms with Crippen molar-refractivity contribution >= 4 is 27.5 Å². The molecule has 0 heterocycles. The number of carbonyl (C=O) groups excluding carboxylic acids is 1. The standard InChI is InChI=1S/C18H19BrN2O4/c1-3-8-25-13-6-4-12(5-7-13)18(24)21-20-11(2)14-9-15(19)17(23)10-16(14)22/h4-7,9-10,22-23H,3,8H2,1-2H3,(H,21,24)/b20-11+. The molecule has 132 valence electrons. The lowest BCUT2D eigenvalue weighted by Crippen LogP contribution is -2.19. The molecule has 0 saturated carbocycles. The highest BCUT2D eigenvalue weighted by molar-refractivity contribution is 9.10. The predicted molar refractivity (Wildman–Crippen MR) is 99.4 cm³/mol. The van der Waals surface area contributed by atoms with Gasteiger partial charge in [0.25, 0.3) is 5.91 Å². The van der Waals surface area contributed by atoms with Crippen LogP contribution in [0.1, 0.15) is 36.2 Å². The lowest BCUT2D eigenvalue weighted by Gasteiger charge is -2.08. The number of phenols is 2. The number of halogens is 1. The number of nitrogens with one attached hydrogen (secondary N) is 1. The van der Waals surface area contributed by atoms with Gasteiger partial charge in [0.2, 0.25) is 0 Å². The number of carbonyl (C=O) groups is 1. The second-order valence-electron chi connectivity index (χ2n) is 5.33. The van der Waals surface area contributed by atoms with Crippen LogP contribution >= 0.6 is 15.9 Å². The van der Waals surface area contributed by atoms with Crippen LogP contribution < -0.4 is 10.2 Å². The summed E-state index contributed by atoms with van der Waals surface area (Å²) in [6, 6.07) is 9.48. The summed E-state index contributed by atoms with van der Waals surface area (Å²) in [6.45, 7) is 4.29. The van der Waals surface area contributed by atoms with E-state index in [-0.39, 0.29) is 17.4 Å². The molecule has 0 aliphatic carbocycles. The van der Waals surface area contributed by atoms with E-state index in [0.29, 0.717) is 33.7 Å². The van der Waals surface area contributed by atoms with Crippen molar-refractivity contribution in [2.75, 3.05) is 6.61 Å². The molecule has 0 unspecified atom stereocenters. The van der Waals surface area contributed by atoms with Crippen molar-refractivity contribution in [1.29, 1.82) is 0 Å². The maximum atomic E-state index is 12.1. The normalized spacial score (nSPS) is 11.2. The maximum absolute atomic E-state index is 12.1. The minimum atomic E-state index is -0.376. The van der Waals surface area contributed by atoms with Gasteiger partial charge in [0, 0.05) is 17.2 Å². The van der Waals surface area contributed by atoms with Gasteiger partial charge in [0.1, 0.15) is 17.2 Å². The van der Waals surface area contributed by atoms with Gasteiger partial charge >= 0.3 is 0 Å². The first-order chi connectivity index (χ1) is 11.9. The Labute approximate surface area is 154 Å². The Morgan fingerprint density at radius 1 is 1.20 bits per heavy atom. The highest BCUT2D eigenvalue weighted by Gasteiger charge is 2.11. The Bertz CT molecular complexity index is 788. The summed E-state index contributed by atoms with van der Waals surface area (Å²) >= 11 is 3.17. The Kier molecular flexibility index (Phi) is 6.41. The fourth-order valence-corrected chi connectivity index (χ4v) is 2.37. The molecule has 2 aromatic carbocycles. The number of phenolic OH excluding ortho intramolecular Hbond substituents is 2. The van der Waals surface area contributed by atoms with E-state index in [1.165, 1.54) is 12.1 Å². The number of aromatic hydroxyl groups is 2. The lowest BCUT2D eigenvalue weighted by atomic mass is 10.1. The Morgan fingerprint density at radius 2 is 1.88 bits per heavy atom. The van der Waals surface area contributed by atoms with Crippen molar-refractivity contribution in [3.63, 3.8) is 0 Å². The molecule has 0 aliphatic rings. The monoisotopic (exact) mass is 406 g/mol. The molecule has 0 fully saturated rings. The summed E-state index contributed by atoms with van der Waals surface area (Å²) in [7, 11) is 0. The van der Waals surface area contributed by atoms with E-state index in [1.54, 1.807) is 31.2 Å². The fourth-order valence-electron chi connectivity index (χ4n) is 2.02. The van der Waals surface area contributed by atoms with Crippen LogP contribution in [-0.4, -0.2) is 28.4 Å². The minimum Gasteiger partial charge on any atom is -0.507 e. The van der Waals surface area contributed by atoms with E-state index < -0.39 is 0 Å². The Morgan fingerprint density at radius 3 is 2.52 bits per heavy atom. The fraction of sp³-hybridized carbons (Fsp3) is 0.222. The van der Waals surface area contributed by atoms with Crippen LogP contribution in [0.5, 0.6) is 17.2 Å². The Balaban J connectivity index is 2.07. The zero-order valence-electron chi connectivity index (χ0n) is 13.9. The molecular weight excluding hydrogens is 388 g/mol. The summed E-state index contributed by atoms with van der Waals surface area (Å²) in [4.78, 5) is 12.1. The van der Waals surface area contributed by atoms with Gasteiger partial charge in [-0.3, -0.25) is 4.79 Å². The molecular formula is C18H19BrN2O4. The van der Waals surface area contributed by atoms with Crippen molar-refractivity contribution in [2.24, 2.45) is 5.10 Å². The Hall–Kier alpha value is -2.54. The molecule has 0 atom stereocenters. The summed E-state index contributed by atoms with van der Waals surface area (Å²) in [5, 5.41) is 23.4. The number of benzene rings is 2. The summed E-state index contributed by atoms with van der Waals surface area (Å²) in [6.07, 6.45) is 0.913. The van der Waals surface area contributed by atoms with E-state index in [1.807, 2.05) is 6.92 Å². The first kappa shape index (κ1) is 18.8. The van der Waals surface area contributed by atoms with Crippen molar-refractivity contribution < 1.29 is 19.7 Å². The van der Waals surface area contributed by atoms with Crippen LogP contribution in [-0.2, 0) is 0 Å². The van der Waals surface area contributed by atoms with Crippen molar-refractivity contribution in [3.05, 3.63) is 52.0 Å². The second kappa shape index (κ2) is 8.53. The number of nitrogens with zero attached hydrogens (tertiary/aromatic N) is 1. The van der Waals surface area contributed by atoms with E-state index in [2.05, 4.69) is 26.5 Å². The number of hydrogen-bond donors (Lipinski definition) is 3. The molecule has 0 bridgehead atoms. The number of ether oxygens (including phenoxy) is 1. The predicted octanol–water partition coefficient (Wildman–Crippen LogP) is 3.80. The van der Waals surface area contributed by atoms with E-state index >= 15 is 0 Å². The molecule has 2 aromatic rings. The van der Waals surface area contributed by atoms with Crippen molar-refractivity contribution in [3.8, 4) is 17.2 Å². The molecule has 25 heavy (non-hydrogen) atoms. The average molecular weight is 407 g/mol. The third-order valence-electron chi connectivity index (χ3n) is 3.37. The van der Waals surface area contributed by atoms with Crippen LogP contribution in [0.15, 0.2) is 46.0 Å². The van der Waals surface area contributed by atoms with Gasteiger partial charge in [-0.15, -0.1) is 0 Å².